The molecule has 3 rings (SSSR count). The summed E-state index contributed by atoms with van der Waals surface area (Å²) in [4.78, 5) is 31.8. The molecule has 2 N–H and O–H groups in total. The van der Waals surface area contributed by atoms with Crippen molar-refractivity contribution >= 4 is 27.5 Å². The number of nitrogens with zero attached hydrogens (tertiary/aromatic N) is 4. The highest BCUT2D eigenvalue weighted by atomic mass is 32.2. The number of carbonyl (C=O) groups excluding carboxylic acids is 2. The van der Waals surface area contributed by atoms with Crippen LogP contribution in [0.5, 0.6) is 5.75 Å². The van der Waals surface area contributed by atoms with Crippen LogP contribution in [0.25, 0.3) is 0 Å². The molecule has 12 nitrogen and oxygen atoms in total. The van der Waals surface area contributed by atoms with Gasteiger partial charge in [0.05, 0.1) is 43.2 Å². The summed E-state index contributed by atoms with van der Waals surface area (Å²) in [6.45, 7) is 5.28. The van der Waals surface area contributed by atoms with Crippen LogP contribution in [0.1, 0.15) is 63.2 Å². The fourth-order valence-electron chi connectivity index (χ4n) is 4.97. The second-order valence-corrected chi connectivity index (χ2v) is 13.8. The number of aryl methyl sites for hydroxylation is 1. The molecule has 258 valence electrons. The number of benzene rings is 1. The highest BCUT2D eigenvalue weighted by molar-refractivity contribution is 7.89. The fraction of sp³-hybridized carbons (Fsp3) is 0.633. The van der Waals surface area contributed by atoms with Crippen LogP contribution in [0, 0.1) is 5.92 Å². The minimum atomic E-state index is -4.49. The lowest BCUT2D eigenvalue weighted by Gasteiger charge is -2.35. The number of aliphatic hydroxyl groups excluding tert-OH is 1. The Hall–Kier alpha value is -3.21. The first-order chi connectivity index (χ1) is 21.5. The number of carbonyl (C=O) groups is 2. The number of fused-ring (bicyclic) bond motifs is 1. The van der Waals surface area contributed by atoms with Gasteiger partial charge in [-0.05, 0) is 51.3 Å². The number of hydrogen-bond acceptors (Lipinski definition) is 8. The smallest absolute Gasteiger partial charge is 0.389 e. The van der Waals surface area contributed by atoms with E-state index in [1.807, 2.05) is 13.8 Å². The van der Waals surface area contributed by atoms with Crippen molar-refractivity contribution in [1.29, 1.82) is 0 Å². The number of aromatic nitrogens is 2. The number of imidazole rings is 1. The molecule has 0 spiro atoms. The lowest BCUT2D eigenvalue weighted by atomic mass is 10.0. The maximum absolute atomic E-state index is 14.1. The molecule has 1 aromatic heterocycles. The molecule has 16 heteroatoms. The Balaban J connectivity index is 1.94. The third-order valence-electron chi connectivity index (χ3n) is 7.76. The van der Waals surface area contributed by atoms with Crippen LogP contribution in [0.15, 0.2) is 35.7 Å². The molecule has 2 heterocycles. The van der Waals surface area contributed by atoms with Crippen molar-refractivity contribution in [2.45, 2.75) is 82.3 Å². The molecule has 0 fully saturated rings. The van der Waals surface area contributed by atoms with E-state index in [1.54, 1.807) is 14.0 Å². The van der Waals surface area contributed by atoms with Gasteiger partial charge >= 0.3 is 6.18 Å². The van der Waals surface area contributed by atoms with Crippen molar-refractivity contribution < 1.29 is 45.8 Å². The summed E-state index contributed by atoms with van der Waals surface area (Å²) in [5.74, 6) is -1.61. The molecular formula is C30H44F3N5O7S. The molecule has 0 aliphatic carbocycles. The van der Waals surface area contributed by atoms with Gasteiger partial charge in [-0.3, -0.25) is 9.59 Å². The molecular weight excluding hydrogens is 631 g/mol. The monoisotopic (exact) mass is 675 g/mol. The van der Waals surface area contributed by atoms with Gasteiger partial charge in [0.2, 0.25) is 5.91 Å². The van der Waals surface area contributed by atoms with Gasteiger partial charge in [0.15, 0.2) is 5.03 Å². The third kappa shape index (κ3) is 10.4. The summed E-state index contributed by atoms with van der Waals surface area (Å²) >= 11 is 0. The van der Waals surface area contributed by atoms with Gasteiger partial charge in [0.1, 0.15) is 5.75 Å². The number of sulfonamides is 1. The standard InChI is InChI=1S/C30H44F3N5O7S/c1-20-15-38(21(2)18-39)29(41)24-14-23(35-27(40)11-12-30(31,32)33)9-10-25(24)45-22(3)8-6-7-13-44-26(20)16-37(5)46(42,43)28-17-36(4)19-34-28/h9-10,14,17,19-22,26,39H,6-8,11-13,15-16,18H2,1-5H3,(H,35,40)/t20-,21-,22+,26-/m1/s1. The Morgan fingerprint density at radius 1 is 1.26 bits per heavy atom. The van der Waals surface area contributed by atoms with Crippen molar-refractivity contribution in [1.82, 2.24) is 18.8 Å². The predicted molar refractivity (Wildman–Crippen MR) is 164 cm³/mol. The van der Waals surface area contributed by atoms with E-state index in [0.29, 0.717) is 25.9 Å². The molecule has 0 radical (unpaired) electrons. The number of ether oxygens (including phenoxy) is 2. The molecule has 46 heavy (non-hydrogen) atoms. The topological polar surface area (TPSA) is 143 Å². The minimum absolute atomic E-state index is 0.0280. The van der Waals surface area contributed by atoms with Crippen LogP contribution in [0.3, 0.4) is 0 Å². The van der Waals surface area contributed by atoms with Crippen LogP contribution >= 0.6 is 0 Å². The van der Waals surface area contributed by atoms with E-state index in [1.165, 1.54) is 51.5 Å². The van der Waals surface area contributed by atoms with Crippen molar-refractivity contribution in [3.05, 3.63) is 36.3 Å². The van der Waals surface area contributed by atoms with Gasteiger partial charge in [-0.2, -0.15) is 17.5 Å². The van der Waals surface area contributed by atoms with Crippen LogP contribution in [0.4, 0.5) is 18.9 Å². The van der Waals surface area contributed by atoms with Crippen molar-refractivity contribution in [3.8, 4) is 5.75 Å². The summed E-state index contributed by atoms with van der Waals surface area (Å²) in [5.41, 5.74) is 0.168. The molecule has 0 unspecified atom stereocenters. The summed E-state index contributed by atoms with van der Waals surface area (Å²) in [7, 11) is -0.835. The van der Waals surface area contributed by atoms with Gasteiger partial charge in [0, 0.05) is 58.0 Å². The lowest BCUT2D eigenvalue weighted by Crippen LogP contribution is -2.48. The molecule has 2 amide bonds. The Bertz CT molecular complexity index is 1440. The first-order valence-corrected chi connectivity index (χ1v) is 16.6. The van der Waals surface area contributed by atoms with Crippen LogP contribution < -0.4 is 10.1 Å². The number of anilines is 1. The Morgan fingerprint density at radius 3 is 2.61 bits per heavy atom. The number of hydrogen-bond donors (Lipinski definition) is 2. The van der Waals surface area contributed by atoms with Gasteiger partial charge in [-0.25, -0.2) is 13.4 Å². The fourth-order valence-corrected chi connectivity index (χ4v) is 6.12. The van der Waals surface area contributed by atoms with Crippen LogP contribution in [-0.4, -0.2) is 102 Å². The first-order valence-electron chi connectivity index (χ1n) is 15.2. The van der Waals surface area contributed by atoms with Gasteiger partial charge in [0.25, 0.3) is 15.9 Å². The van der Waals surface area contributed by atoms with E-state index in [-0.39, 0.29) is 41.2 Å². The zero-order valence-corrected chi connectivity index (χ0v) is 27.6. The molecule has 2 aromatic rings. The Morgan fingerprint density at radius 2 is 1.98 bits per heavy atom. The third-order valence-corrected chi connectivity index (χ3v) is 9.47. The maximum atomic E-state index is 14.1. The number of alkyl halides is 3. The lowest BCUT2D eigenvalue weighted by molar-refractivity contribution is -0.142. The van der Waals surface area contributed by atoms with E-state index in [4.69, 9.17) is 9.47 Å². The zero-order valence-electron chi connectivity index (χ0n) is 26.8. The molecule has 4 atom stereocenters. The molecule has 0 bridgehead atoms. The quantitative estimate of drug-likeness (QED) is 0.409. The maximum Gasteiger partial charge on any atom is 0.389 e. The first kappa shape index (κ1) is 37.2. The van der Waals surface area contributed by atoms with Crippen molar-refractivity contribution in [3.63, 3.8) is 0 Å². The van der Waals surface area contributed by atoms with Crippen LogP contribution in [-0.2, 0) is 26.6 Å². The summed E-state index contributed by atoms with van der Waals surface area (Å²) in [5, 5.41) is 12.4. The molecule has 1 aliphatic rings. The number of halogens is 3. The largest absolute Gasteiger partial charge is 0.490 e. The Labute approximate surface area is 267 Å². The van der Waals surface area contributed by atoms with E-state index < -0.39 is 65.5 Å². The number of likely N-dealkylation sites (N-methyl/N-ethyl adjacent to an activating group) is 1. The average molecular weight is 676 g/mol. The second-order valence-electron chi connectivity index (χ2n) is 11.8. The normalized spacial score (nSPS) is 21.3. The number of amides is 2. The van der Waals surface area contributed by atoms with Crippen molar-refractivity contribution in [2.75, 3.05) is 38.7 Å². The Kier molecular flexibility index (Phi) is 13.0. The minimum Gasteiger partial charge on any atom is -0.490 e. The SMILES string of the molecule is C[C@@H]1CN([C@H](C)CO)C(=O)c2cc(NC(=O)CCC(F)(F)F)ccc2O[C@@H](C)CCCCO[C@@H]1CN(C)S(=O)(=O)c1cn(C)cn1. The highest BCUT2D eigenvalue weighted by Crippen LogP contribution is 2.29. The van der Waals surface area contributed by atoms with Gasteiger partial charge in [-0.1, -0.05) is 6.92 Å². The van der Waals surface area contributed by atoms with Crippen molar-refractivity contribution in [2.24, 2.45) is 13.0 Å². The average Bonchev–Trinajstić information content (AvgIpc) is 3.44. The summed E-state index contributed by atoms with van der Waals surface area (Å²) in [6.07, 6.45) is -2.74. The predicted octanol–water partition coefficient (Wildman–Crippen LogP) is 3.82. The van der Waals surface area contributed by atoms with E-state index >= 15 is 0 Å². The zero-order chi connectivity index (χ0) is 34.2. The van der Waals surface area contributed by atoms with Gasteiger partial charge < -0.3 is 29.4 Å². The number of nitrogens with one attached hydrogen (secondary N) is 1. The van der Waals surface area contributed by atoms with E-state index in [2.05, 4.69) is 10.3 Å². The second kappa shape index (κ2) is 16.1. The molecule has 0 saturated heterocycles. The highest BCUT2D eigenvalue weighted by Gasteiger charge is 2.33. The van der Waals surface area contributed by atoms with Gasteiger partial charge in [-0.15, -0.1) is 0 Å². The van der Waals surface area contributed by atoms with E-state index in [9.17, 15) is 36.3 Å². The summed E-state index contributed by atoms with van der Waals surface area (Å²) < 4.78 is 79.4. The summed E-state index contributed by atoms with van der Waals surface area (Å²) in [6, 6.07) is 3.61. The van der Waals surface area contributed by atoms with Crippen LogP contribution in [0.2, 0.25) is 0 Å². The molecule has 1 aromatic carbocycles. The molecule has 0 saturated carbocycles. The molecule has 1 aliphatic heterocycles. The number of aliphatic hydroxyl groups is 1. The van der Waals surface area contributed by atoms with E-state index in [0.717, 1.165) is 0 Å². The number of rotatable bonds is 9.